The maximum Gasteiger partial charge on any atom is 0.540 e. The highest BCUT2D eigenvalue weighted by Gasteiger charge is 2.30. The maximum atomic E-state index is 11.7. The summed E-state index contributed by atoms with van der Waals surface area (Å²) in [6, 6.07) is 13.9. The Hall–Kier alpha value is -2.12. The van der Waals surface area contributed by atoms with E-state index in [2.05, 4.69) is 17.0 Å². The molecule has 2 rings (SSSR count). The van der Waals surface area contributed by atoms with Crippen LogP contribution in [0.5, 0.6) is 11.5 Å². The zero-order valence-electron chi connectivity index (χ0n) is 16.6. The summed E-state index contributed by atoms with van der Waals surface area (Å²) in [5.41, 5.74) is 1.33. The van der Waals surface area contributed by atoms with E-state index in [0.29, 0.717) is 11.3 Å². The SMILES string of the molecule is C=CCNC(c1ccc(O[P+](=S)N(C)/N=C/c2ccc(OC)cc2)cc1)P(=O)(O)O. The summed E-state index contributed by atoms with van der Waals surface area (Å²) in [6.45, 7) is 3.81. The molecule has 11 heteroatoms. The summed E-state index contributed by atoms with van der Waals surface area (Å²) < 4.78 is 24.2. The summed E-state index contributed by atoms with van der Waals surface area (Å²) >= 11 is 5.38. The van der Waals surface area contributed by atoms with Crippen LogP contribution in [0.3, 0.4) is 0 Å². The Morgan fingerprint density at radius 1 is 1.23 bits per heavy atom. The number of hydrazone groups is 1. The second-order valence-corrected chi connectivity index (χ2v) is 9.96. The van der Waals surface area contributed by atoms with Crippen LogP contribution in [0.2, 0.25) is 0 Å². The lowest BCUT2D eigenvalue weighted by atomic mass is 10.2. The van der Waals surface area contributed by atoms with Gasteiger partial charge in [-0.25, -0.2) is 0 Å². The van der Waals surface area contributed by atoms with E-state index in [1.54, 1.807) is 49.4 Å². The largest absolute Gasteiger partial charge is 0.540 e. The van der Waals surface area contributed by atoms with Gasteiger partial charge in [0, 0.05) is 6.54 Å². The first kappa shape index (κ1) is 24.2. The Morgan fingerprint density at radius 3 is 2.37 bits per heavy atom. The molecule has 160 valence electrons. The van der Waals surface area contributed by atoms with E-state index in [4.69, 9.17) is 21.1 Å². The van der Waals surface area contributed by atoms with Crippen molar-refractivity contribution < 1.29 is 23.6 Å². The van der Waals surface area contributed by atoms with E-state index in [1.807, 2.05) is 24.3 Å². The zero-order valence-corrected chi connectivity index (χ0v) is 19.2. The topological polar surface area (TPSA) is 104 Å². The number of ether oxygens (including phenoxy) is 1. The van der Waals surface area contributed by atoms with Crippen LogP contribution in [0, 0.1) is 0 Å². The molecule has 0 saturated heterocycles. The molecule has 0 heterocycles. The molecule has 0 aliphatic carbocycles. The van der Waals surface area contributed by atoms with Crippen molar-refractivity contribution in [3.8, 4) is 11.5 Å². The molecule has 30 heavy (non-hydrogen) atoms. The molecule has 0 spiro atoms. The molecule has 2 aromatic rings. The lowest BCUT2D eigenvalue weighted by Gasteiger charge is -2.19. The van der Waals surface area contributed by atoms with Crippen LogP contribution in [-0.2, 0) is 16.4 Å². The molecule has 0 amide bonds. The standard InChI is InChI=1S/C19H23N3O5P2S/c1-4-13-20-19(29(23,24)25)16-7-11-18(12-8-16)27-28(30)22(2)21-14-15-5-9-17(26-3)10-6-15/h4-12,14,19-20H,1,13H2,2-3H3,(H-,23,24,25)/p+1/b21-14+. The molecular formula is C19H24N3O5P2S+. The van der Waals surface area contributed by atoms with Crippen LogP contribution in [0.15, 0.2) is 66.3 Å². The van der Waals surface area contributed by atoms with Crippen molar-refractivity contribution in [3.05, 3.63) is 72.3 Å². The number of hydrogen-bond acceptors (Lipinski definition) is 6. The fraction of sp³-hybridized carbons (Fsp3) is 0.211. The van der Waals surface area contributed by atoms with Crippen molar-refractivity contribution in [1.29, 1.82) is 0 Å². The molecule has 3 N–H and O–H groups in total. The molecule has 0 radical (unpaired) electrons. The fourth-order valence-electron chi connectivity index (χ4n) is 2.37. The Kier molecular flexibility index (Phi) is 9.11. The van der Waals surface area contributed by atoms with Crippen molar-refractivity contribution in [2.24, 2.45) is 5.10 Å². The van der Waals surface area contributed by atoms with Crippen molar-refractivity contribution in [2.75, 3.05) is 20.7 Å². The van der Waals surface area contributed by atoms with Gasteiger partial charge in [0.1, 0.15) is 11.5 Å². The summed E-state index contributed by atoms with van der Waals surface area (Å²) in [4.78, 5) is 19.1. The molecule has 0 aromatic heterocycles. The van der Waals surface area contributed by atoms with E-state index in [-0.39, 0.29) is 6.54 Å². The third kappa shape index (κ3) is 7.29. The number of hydrogen-bond donors (Lipinski definition) is 3. The van der Waals surface area contributed by atoms with Crippen molar-refractivity contribution in [2.45, 2.75) is 5.78 Å². The number of nitrogens with one attached hydrogen (secondary N) is 1. The van der Waals surface area contributed by atoms with Gasteiger partial charge < -0.3 is 14.5 Å². The van der Waals surface area contributed by atoms with Gasteiger partial charge in [-0.15, -0.1) is 11.7 Å². The smallest absolute Gasteiger partial charge is 0.497 e. The Morgan fingerprint density at radius 2 is 1.83 bits per heavy atom. The van der Waals surface area contributed by atoms with Crippen LogP contribution in [0.1, 0.15) is 16.9 Å². The van der Waals surface area contributed by atoms with Gasteiger partial charge >= 0.3 is 14.7 Å². The Bertz CT molecular complexity index is 932. The first-order chi connectivity index (χ1) is 14.2. The van der Waals surface area contributed by atoms with Crippen LogP contribution in [0.25, 0.3) is 0 Å². The fourth-order valence-corrected chi connectivity index (χ4v) is 4.21. The quantitative estimate of drug-likeness (QED) is 0.198. The first-order valence-electron chi connectivity index (χ1n) is 8.81. The van der Waals surface area contributed by atoms with Gasteiger partial charge in [-0.3, -0.25) is 14.4 Å². The average molecular weight is 468 g/mol. The van der Waals surface area contributed by atoms with Crippen molar-refractivity contribution in [3.63, 3.8) is 0 Å². The highest BCUT2D eigenvalue weighted by atomic mass is 32.4. The van der Waals surface area contributed by atoms with Gasteiger partial charge in [0.25, 0.3) is 0 Å². The molecule has 0 aliphatic heterocycles. The van der Waals surface area contributed by atoms with E-state index in [0.717, 1.165) is 11.3 Å². The maximum absolute atomic E-state index is 11.7. The first-order valence-corrected chi connectivity index (χ1v) is 12.7. The minimum atomic E-state index is -4.38. The van der Waals surface area contributed by atoms with Crippen molar-refractivity contribution in [1.82, 2.24) is 10.1 Å². The van der Waals surface area contributed by atoms with E-state index < -0.39 is 20.5 Å². The molecule has 2 unspecified atom stereocenters. The average Bonchev–Trinajstić information content (AvgIpc) is 2.72. The third-order valence-electron chi connectivity index (χ3n) is 3.90. The lowest BCUT2D eigenvalue weighted by Crippen LogP contribution is -2.21. The Labute approximate surface area is 181 Å². The predicted molar refractivity (Wildman–Crippen MR) is 123 cm³/mol. The second kappa shape index (κ2) is 11.3. The molecular weight excluding hydrogens is 444 g/mol. The third-order valence-corrected chi connectivity index (χ3v) is 6.93. The van der Waals surface area contributed by atoms with Gasteiger partial charge in [-0.05, 0) is 47.5 Å². The monoisotopic (exact) mass is 468 g/mol. The number of rotatable bonds is 11. The highest BCUT2D eigenvalue weighted by molar-refractivity contribution is 8.02. The lowest BCUT2D eigenvalue weighted by molar-refractivity contribution is 0.350. The van der Waals surface area contributed by atoms with Crippen LogP contribution in [0.4, 0.5) is 0 Å². The normalized spacial score (nSPS) is 13.0. The van der Waals surface area contributed by atoms with E-state index in [9.17, 15) is 14.4 Å². The highest BCUT2D eigenvalue weighted by Crippen LogP contribution is 2.50. The molecule has 2 aromatic carbocycles. The molecule has 0 fully saturated rings. The molecule has 0 bridgehead atoms. The molecule has 2 atom stereocenters. The summed E-state index contributed by atoms with van der Waals surface area (Å²) in [5, 5.41) is 7.07. The second-order valence-electron chi connectivity index (χ2n) is 6.09. The van der Waals surface area contributed by atoms with E-state index >= 15 is 0 Å². The molecule has 0 aliphatic rings. The number of nitrogens with zero attached hydrogens (tertiary/aromatic N) is 2. The summed E-state index contributed by atoms with van der Waals surface area (Å²) in [6.07, 6.45) is 3.20. The van der Waals surface area contributed by atoms with Gasteiger partial charge in [0.15, 0.2) is 5.75 Å². The van der Waals surface area contributed by atoms with Gasteiger partial charge in [0.2, 0.25) is 11.8 Å². The number of benzene rings is 2. The minimum Gasteiger partial charge on any atom is -0.497 e. The van der Waals surface area contributed by atoms with Crippen LogP contribution < -0.4 is 14.6 Å². The zero-order chi connectivity index (χ0) is 22.1. The van der Waals surface area contributed by atoms with E-state index in [1.165, 1.54) is 6.08 Å². The van der Waals surface area contributed by atoms with Gasteiger partial charge in [0.05, 0.1) is 20.4 Å². The van der Waals surface area contributed by atoms with Crippen LogP contribution in [-0.4, -0.2) is 41.5 Å². The minimum absolute atomic E-state index is 0.266. The Balaban J connectivity index is 2.01. The summed E-state index contributed by atoms with van der Waals surface area (Å²) in [5.74, 6) is 0.129. The summed E-state index contributed by atoms with van der Waals surface area (Å²) in [7, 11) is -2.52. The van der Waals surface area contributed by atoms with Crippen molar-refractivity contribution >= 4 is 32.7 Å². The van der Waals surface area contributed by atoms with Gasteiger partial charge in [-0.1, -0.05) is 23.0 Å². The molecule has 8 nitrogen and oxygen atoms in total. The predicted octanol–water partition coefficient (Wildman–Crippen LogP) is 3.77. The molecule has 0 saturated carbocycles. The van der Waals surface area contributed by atoms with Crippen LogP contribution >= 0.6 is 14.7 Å². The van der Waals surface area contributed by atoms with Gasteiger partial charge in [-0.2, -0.15) is 0 Å². The number of methoxy groups -OCH3 is 1.